The molecule has 0 amide bonds. The van der Waals surface area contributed by atoms with Crippen LogP contribution in [-0.4, -0.2) is 43.1 Å². The highest BCUT2D eigenvalue weighted by atomic mass is 127. The Bertz CT molecular complexity index is 497. The number of rotatable bonds is 2. The molecule has 2 fully saturated rings. The Morgan fingerprint density at radius 3 is 2.29 bits per heavy atom. The van der Waals surface area contributed by atoms with Gasteiger partial charge in [-0.15, -0.1) is 24.0 Å². The van der Waals surface area contributed by atoms with Crippen molar-refractivity contribution in [1.82, 2.24) is 4.90 Å². The van der Waals surface area contributed by atoms with E-state index in [0.29, 0.717) is 17.9 Å². The Morgan fingerprint density at radius 1 is 1.19 bits per heavy atom. The van der Waals surface area contributed by atoms with Gasteiger partial charge in [0.2, 0.25) is 0 Å². The van der Waals surface area contributed by atoms with Crippen molar-refractivity contribution in [2.75, 3.05) is 31.1 Å². The number of hydrogen-bond acceptors (Lipinski definition) is 2. The van der Waals surface area contributed by atoms with Crippen molar-refractivity contribution in [3.05, 3.63) is 30.1 Å². The van der Waals surface area contributed by atoms with Gasteiger partial charge in [0.25, 0.3) is 0 Å². The highest BCUT2D eigenvalue weighted by Gasteiger charge is 2.33. The van der Waals surface area contributed by atoms with Crippen LogP contribution in [0.25, 0.3) is 0 Å². The molecule has 0 bridgehead atoms. The first kappa shape index (κ1) is 16.3. The molecule has 2 unspecified atom stereocenters. The van der Waals surface area contributed by atoms with E-state index in [9.17, 15) is 4.39 Å². The molecule has 2 atom stereocenters. The van der Waals surface area contributed by atoms with Crippen LogP contribution in [0, 0.1) is 11.7 Å². The first-order chi connectivity index (χ1) is 9.63. The largest absolute Gasteiger partial charge is 0.370 e. The third-order valence-corrected chi connectivity index (χ3v) is 4.16. The van der Waals surface area contributed by atoms with E-state index in [-0.39, 0.29) is 29.8 Å². The standard InChI is InChI=1S/C15H21FN4.HI/c1-11-10-14(11)18-15(17)20-8-6-19(7-9-20)13-4-2-12(16)3-5-13;/h2-5,11,14H,6-10H2,1H3,(H2,17,18);1H. The molecule has 0 aromatic heterocycles. The number of aliphatic imine (C=N–C) groups is 1. The number of nitrogens with zero attached hydrogens (tertiary/aromatic N) is 3. The van der Waals surface area contributed by atoms with Crippen molar-refractivity contribution in [1.29, 1.82) is 0 Å². The minimum absolute atomic E-state index is 0. The maximum absolute atomic E-state index is 12.9. The normalized spacial score (nSPS) is 25.5. The second kappa shape index (κ2) is 6.81. The van der Waals surface area contributed by atoms with Gasteiger partial charge in [-0.05, 0) is 36.6 Å². The third kappa shape index (κ3) is 3.99. The topological polar surface area (TPSA) is 44.9 Å². The summed E-state index contributed by atoms with van der Waals surface area (Å²) in [5.74, 6) is 1.18. The smallest absolute Gasteiger partial charge is 0.191 e. The molecule has 1 aliphatic heterocycles. The molecule has 0 radical (unpaired) electrons. The van der Waals surface area contributed by atoms with E-state index in [1.807, 2.05) is 12.1 Å². The number of halogens is 2. The maximum Gasteiger partial charge on any atom is 0.191 e. The molecule has 3 rings (SSSR count). The van der Waals surface area contributed by atoms with E-state index in [1.165, 1.54) is 12.1 Å². The van der Waals surface area contributed by atoms with E-state index in [2.05, 4.69) is 21.7 Å². The van der Waals surface area contributed by atoms with Crippen LogP contribution in [0.5, 0.6) is 0 Å². The fourth-order valence-corrected chi connectivity index (χ4v) is 2.58. The Kier molecular flexibility index (Phi) is 5.29. The highest BCUT2D eigenvalue weighted by molar-refractivity contribution is 14.0. The van der Waals surface area contributed by atoms with Gasteiger partial charge < -0.3 is 15.5 Å². The Morgan fingerprint density at radius 2 is 1.76 bits per heavy atom. The minimum Gasteiger partial charge on any atom is -0.370 e. The van der Waals surface area contributed by atoms with Gasteiger partial charge in [-0.2, -0.15) is 0 Å². The van der Waals surface area contributed by atoms with Crippen molar-refractivity contribution in [2.24, 2.45) is 16.6 Å². The summed E-state index contributed by atoms with van der Waals surface area (Å²) in [4.78, 5) is 8.95. The second-order valence-electron chi connectivity index (χ2n) is 5.72. The molecular weight excluding hydrogens is 382 g/mol. The summed E-state index contributed by atoms with van der Waals surface area (Å²) < 4.78 is 12.9. The van der Waals surface area contributed by atoms with Gasteiger partial charge in [0.15, 0.2) is 5.96 Å². The van der Waals surface area contributed by atoms with Crippen LogP contribution < -0.4 is 10.6 Å². The molecule has 21 heavy (non-hydrogen) atoms. The molecule has 0 spiro atoms. The molecule has 1 aromatic carbocycles. The Balaban J connectivity index is 0.00000161. The van der Waals surface area contributed by atoms with Crippen LogP contribution in [0.15, 0.2) is 29.3 Å². The maximum atomic E-state index is 12.9. The molecule has 6 heteroatoms. The lowest BCUT2D eigenvalue weighted by Gasteiger charge is -2.36. The van der Waals surface area contributed by atoms with Gasteiger partial charge in [0.05, 0.1) is 6.04 Å². The zero-order chi connectivity index (χ0) is 14.1. The number of anilines is 1. The summed E-state index contributed by atoms with van der Waals surface area (Å²) >= 11 is 0. The molecule has 4 nitrogen and oxygen atoms in total. The summed E-state index contributed by atoms with van der Waals surface area (Å²) in [6, 6.07) is 7.10. The van der Waals surface area contributed by atoms with Crippen molar-refractivity contribution in [3.63, 3.8) is 0 Å². The first-order valence-electron chi connectivity index (χ1n) is 7.22. The summed E-state index contributed by atoms with van der Waals surface area (Å²) in [5, 5.41) is 0. The quantitative estimate of drug-likeness (QED) is 0.468. The van der Waals surface area contributed by atoms with Crippen LogP contribution in [0.3, 0.4) is 0 Å². The predicted octanol–water partition coefficient (Wildman–Crippen LogP) is 2.29. The van der Waals surface area contributed by atoms with E-state index in [1.54, 1.807) is 0 Å². The molecule has 1 saturated heterocycles. The molecule has 1 saturated carbocycles. The van der Waals surface area contributed by atoms with Gasteiger partial charge in [-0.25, -0.2) is 9.38 Å². The summed E-state index contributed by atoms with van der Waals surface area (Å²) in [7, 11) is 0. The third-order valence-electron chi connectivity index (χ3n) is 4.16. The molecule has 1 aromatic rings. The Labute approximate surface area is 142 Å². The lowest BCUT2D eigenvalue weighted by molar-refractivity contribution is 0.380. The van der Waals surface area contributed by atoms with Crippen molar-refractivity contribution in [3.8, 4) is 0 Å². The van der Waals surface area contributed by atoms with Gasteiger partial charge in [0, 0.05) is 31.9 Å². The lowest BCUT2D eigenvalue weighted by atomic mass is 10.2. The van der Waals surface area contributed by atoms with Crippen LogP contribution >= 0.6 is 24.0 Å². The van der Waals surface area contributed by atoms with Gasteiger partial charge in [-0.1, -0.05) is 6.92 Å². The van der Waals surface area contributed by atoms with E-state index < -0.39 is 0 Å². The van der Waals surface area contributed by atoms with E-state index >= 15 is 0 Å². The summed E-state index contributed by atoms with van der Waals surface area (Å²) in [6.07, 6.45) is 1.16. The van der Waals surface area contributed by atoms with Crippen molar-refractivity contribution in [2.45, 2.75) is 19.4 Å². The molecular formula is C15H22FIN4. The molecule has 1 aliphatic carbocycles. The van der Waals surface area contributed by atoms with Crippen LogP contribution in [0.2, 0.25) is 0 Å². The van der Waals surface area contributed by atoms with Crippen LogP contribution in [0.1, 0.15) is 13.3 Å². The Hall–Kier alpha value is -1.05. The summed E-state index contributed by atoms with van der Waals surface area (Å²) in [6.45, 7) is 5.72. The van der Waals surface area contributed by atoms with Crippen LogP contribution in [0.4, 0.5) is 10.1 Å². The van der Waals surface area contributed by atoms with Crippen molar-refractivity contribution >= 4 is 35.6 Å². The molecule has 116 valence electrons. The van der Waals surface area contributed by atoms with E-state index in [4.69, 9.17) is 5.73 Å². The second-order valence-corrected chi connectivity index (χ2v) is 5.72. The number of guanidine groups is 1. The fraction of sp³-hybridized carbons (Fsp3) is 0.533. The summed E-state index contributed by atoms with van der Waals surface area (Å²) in [5.41, 5.74) is 7.13. The molecule has 2 aliphatic rings. The van der Waals surface area contributed by atoms with Gasteiger partial charge >= 0.3 is 0 Å². The van der Waals surface area contributed by atoms with Gasteiger partial charge in [-0.3, -0.25) is 0 Å². The zero-order valence-electron chi connectivity index (χ0n) is 12.2. The average molecular weight is 404 g/mol. The zero-order valence-corrected chi connectivity index (χ0v) is 14.5. The highest BCUT2D eigenvalue weighted by Crippen LogP contribution is 2.32. The SMILES string of the molecule is CC1CC1N=C(N)N1CCN(c2ccc(F)cc2)CC1.I. The van der Waals surface area contributed by atoms with Gasteiger partial charge in [0.1, 0.15) is 5.82 Å². The number of nitrogens with two attached hydrogens (primary N) is 1. The molecule has 1 heterocycles. The molecule has 2 N–H and O–H groups in total. The lowest BCUT2D eigenvalue weighted by Crippen LogP contribution is -2.51. The monoisotopic (exact) mass is 404 g/mol. The number of benzene rings is 1. The average Bonchev–Trinajstić information content (AvgIpc) is 3.15. The van der Waals surface area contributed by atoms with Crippen molar-refractivity contribution < 1.29 is 4.39 Å². The van der Waals surface area contributed by atoms with E-state index in [0.717, 1.165) is 38.3 Å². The predicted molar refractivity (Wildman–Crippen MR) is 94.8 cm³/mol. The van der Waals surface area contributed by atoms with Crippen LogP contribution in [-0.2, 0) is 0 Å². The fourth-order valence-electron chi connectivity index (χ4n) is 2.58. The number of hydrogen-bond donors (Lipinski definition) is 1. The minimum atomic E-state index is -0.192. The number of piperazine rings is 1. The first-order valence-corrected chi connectivity index (χ1v) is 7.22.